The number of hydrogen-bond donors (Lipinski definition) is 0. The van der Waals surface area contributed by atoms with Crippen molar-refractivity contribution in [2.75, 3.05) is 0 Å². The predicted molar refractivity (Wildman–Crippen MR) is 194 cm³/mol. The van der Waals surface area contributed by atoms with Gasteiger partial charge in [0.1, 0.15) is 0 Å². The first-order chi connectivity index (χ1) is 18.9. The first-order valence-electron chi connectivity index (χ1n) is 15.3. The third kappa shape index (κ3) is 7.71. The molecule has 0 unspecified atom stereocenters. The molecule has 40 heavy (non-hydrogen) atoms. The van der Waals surface area contributed by atoms with Crippen LogP contribution in [0, 0.1) is 0 Å². The van der Waals surface area contributed by atoms with Crippen molar-refractivity contribution in [1.82, 2.24) is 0 Å². The van der Waals surface area contributed by atoms with Gasteiger partial charge < -0.3 is 0 Å². The zero-order chi connectivity index (χ0) is 29.7. The summed E-state index contributed by atoms with van der Waals surface area (Å²) in [4.78, 5) is 0. The average molecular weight is 655 g/mol. The Kier molecular flexibility index (Phi) is 13.0. The molecule has 0 heterocycles. The van der Waals surface area contributed by atoms with Gasteiger partial charge in [-0.25, -0.2) is 0 Å². The molecule has 0 saturated heterocycles. The van der Waals surface area contributed by atoms with Crippen LogP contribution in [0.25, 0.3) is 0 Å². The van der Waals surface area contributed by atoms with E-state index < -0.39 is 14.7 Å². The first kappa shape index (κ1) is 34.0. The van der Waals surface area contributed by atoms with Gasteiger partial charge in [0.05, 0.1) is 0 Å². The van der Waals surface area contributed by atoms with E-state index in [0.29, 0.717) is 34.0 Å². The Bertz CT molecular complexity index is 1040. The normalized spacial score (nSPS) is 12.8. The molecule has 0 aliphatic heterocycles. The summed E-state index contributed by atoms with van der Waals surface area (Å²) >= 11 is -1.90. The molecule has 0 aliphatic carbocycles. The van der Waals surface area contributed by atoms with Crippen molar-refractivity contribution < 1.29 is 0 Å². The van der Waals surface area contributed by atoms with Gasteiger partial charge in [-0.2, -0.15) is 0 Å². The second-order valence-corrected chi connectivity index (χ2v) is 27.1. The van der Waals surface area contributed by atoms with E-state index in [1.54, 1.807) is 29.0 Å². The Hall–Kier alpha value is -0.492. The van der Waals surface area contributed by atoms with Crippen molar-refractivity contribution >= 4 is 67.4 Å². The van der Waals surface area contributed by atoms with Crippen LogP contribution in [-0.4, -0.2) is 48.6 Å². The molecule has 0 atom stereocenters. The van der Waals surface area contributed by atoms with Gasteiger partial charge in [-0.15, -0.1) is 0 Å². The molecule has 0 spiro atoms. The van der Waals surface area contributed by atoms with Gasteiger partial charge in [-0.3, -0.25) is 0 Å². The standard InChI is InChI=1S/C36H54AsP3/c1-25(2)38(26(3)4)34-22-16-13-19-31(34)37(32-20-14-17-23-35(32)39(27(5)6)28(7)8)33-21-15-18-24-36(33)40(29(9)10)30(11)12/h13-30H,1-12H3. The van der Waals surface area contributed by atoms with Gasteiger partial charge in [0.15, 0.2) is 0 Å². The zero-order valence-electron chi connectivity index (χ0n) is 27.2. The minimum atomic E-state index is -1.90. The van der Waals surface area contributed by atoms with Gasteiger partial charge >= 0.3 is 257 Å². The summed E-state index contributed by atoms with van der Waals surface area (Å²) < 4.78 is 5.06. The van der Waals surface area contributed by atoms with Crippen LogP contribution in [0.1, 0.15) is 83.1 Å². The van der Waals surface area contributed by atoms with Crippen molar-refractivity contribution in [1.29, 1.82) is 0 Å². The van der Waals surface area contributed by atoms with Crippen molar-refractivity contribution in [3.8, 4) is 0 Å². The molecule has 0 fully saturated rings. The van der Waals surface area contributed by atoms with Gasteiger partial charge in [0.25, 0.3) is 0 Å². The number of hydrogen-bond acceptors (Lipinski definition) is 0. The molecule has 4 heteroatoms. The first-order valence-corrected chi connectivity index (χ1v) is 22.6. The van der Waals surface area contributed by atoms with Gasteiger partial charge in [0.2, 0.25) is 0 Å². The molecular weight excluding hydrogens is 600 g/mol. The summed E-state index contributed by atoms with van der Waals surface area (Å²) in [5.74, 6) is 0. The van der Waals surface area contributed by atoms with E-state index in [-0.39, 0.29) is 23.8 Å². The summed E-state index contributed by atoms with van der Waals surface area (Å²) in [7, 11) is -0.781. The molecule has 0 aromatic heterocycles. The van der Waals surface area contributed by atoms with Crippen molar-refractivity contribution in [2.45, 2.75) is 117 Å². The predicted octanol–water partition coefficient (Wildman–Crippen LogP) is 7.97. The molecule has 3 aromatic carbocycles. The van der Waals surface area contributed by atoms with Crippen LogP contribution < -0.4 is 29.0 Å². The van der Waals surface area contributed by atoms with Crippen molar-refractivity contribution in [3.63, 3.8) is 0 Å². The van der Waals surface area contributed by atoms with E-state index in [9.17, 15) is 0 Å². The van der Waals surface area contributed by atoms with Crippen molar-refractivity contribution in [2.24, 2.45) is 0 Å². The van der Waals surface area contributed by atoms with E-state index in [4.69, 9.17) is 0 Å². The van der Waals surface area contributed by atoms with Crippen LogP contribution in [0.5, 0.6) is 0 Å². The van der Waals surface area contributed by atoms with Gasteiger partial charge in [-0.05, 0) is 0 Å². The fourth-order valence-corrected chi connectivity index (χ4v) is 23.9. The SMILES string of the molecule is CC(C)P(c1ccccc1[As](c1ccccc1P(C(C)C)C(C)C)c1ccccc1P(C(C)C)C(C)C)C(C)C. The average Bonchev–Trinajstić information content (AvgIpc) is 2.86. The topological polar surface area (TPSA) is 0 Å². The second kappa shape index (κ2) is 15.3. The Morgan fingerprint density at radius 3 is 0.750 bits per heavy atom. The maximum atomic E-state index is 2.54. The van der Waals surface area contributed by atoms with Crippen molar-refractivity contribution in [3.05, 3.63) is 72.8 Å². The quantitative estimate of drug-likeness (QED) is 0.137. The third-order valence-electron chi connectivity index (χ3n) is 7.54. The Morgan fingerprint density at radius 1 is 0.350 bits per heavy atom. The van der Waals surface area contributed by atoms with E-state index in [1.165, 1.54) is 0 Å². The second-order valence-electron chi connectivity index (χ2n) is 12.6. The fraction of sp³-hybridized carbons (Fsp3) is 0.500. The molecule has 0 nitrogen and oxygen atoms in total. The Balaban J connectivity index is 2.48. The summed E-state index contributed by atoms with van der Waals surface area (Å²) in [6, 6.07) is 29.1. The fourth-order valence-electron chi connectivity index (χ4n) is 6.46. The summed E-state index contributed by atoms with van der Waals surface area (Å²) in [5, 5.41) is 5.01. The molecule has 3 aromatic rings. The Labute approximate surface area is 256 Å². The van der Waals surface area contributed by atoms with Crippen LogP contribution >= 0.6 is 23.8 Å². The van der Waals surface area contributed by atoms with Crippen LogP contribution in [0.2, 0.25) is 0 Å². The van der Waals surface area contributed by atoms with Gasteiger partial charge in [-0.1, -0.05) is 0 Å². The molecule has 3 rings (SSSR count). The van der Waals surface area contributed by atoms with Gasteiger partial charge in [0, 0.05) is 0 Å². The van der Waals surface area contributed by atoms with E-state index >= 15 is 0 Å². The van der Waals surface area contributed by atoms with Crippen LogP contribution in [0.4, 0.5) is 0 Å². The molecule has 0 N–H and O–H groups in total. The molecule has 0 radical (unpaired) electrons. The molecule has 0 amide bonds. The molecule has 218 valence electrons. The van der Waals surface area contributed by atoms with Crippen LogP contribution in [-0.2, 0) is 0 Å². The maximum absolute atomic E-state index is 2.54. The zero-order valence-corrected chi connectivity index (χ0v) is 31.7. The number of benzene rings is 3. The van der Waals surface area contributed by atoms with Crippen LogP contribution in [0.15, 0.2) is 72.8 Å². The molecule has 0 aliphatic rings. The van der Waals surface area contributed by atoms with Crippen LogP contribution in [0.3, 0.4) is 0 Å². The van der Waals surface area contributed by atoms with E-state index in [0.717, 1.165) is 0 Å². The van der Waals surface area contributed by atoms with E-state index in [2.05, 4.69) is 156 Å². The monoisotopic (exact) mass is 654 g/mol. The summed E-state index contributed by atoms with van der Waals surface area (Å²) in [6.45, 7) is 29.4. The molecular formula is C36H54AsP3. The molecule has 0 bridgehead atoms. The Morgan fingerprint density at radius 2 is 0.550 bits per heavy atom. The summed E-state index contributed by atoms with van der Waals surface area (Å²) in [5.41, 5.74) is 4.02. The number of rotatable bonds is 12. The molecule has 0 saturated carbocycles. The summed E-state index contributed by atoms with van der Waals surface area (Å²) in [6.07, 6.45) is 0. The minimum absolute atomic E-state index is 0.260. The third-order valence-corrected chi connectivity index (χ3v) is 23.7. The van der Waals surface area contributed by atoms with E-state index in [1.807, 2.05) is 0 Å².